The number of fused-ring (bicyclic) bond motifs is 1. The Bertz CT molecular complexity index is 579. The van der Waals surface area contributed by atoms with Gasteiger partial charge in [0.1, 0.15) is 0 Å². The summed E-state index contributed by atoms with van der Waals surface area (Å²) in [4.78, 5) is 12.0. The normalized spacial score (nSPS) is 19.0. The first-order chi connectivity index (χ1) is 8.83. The summed E-state index contributed by atoms with van der Waals surface area (Å²) in [5.41, 5.74) is 0.859. The van der Waals surface area contributed by atoms with Crippen molar-refractivity contribution in [3.8, 4) is 0 Å². The SMILES string of the molecule is O=C(Nc1ccc2ccccc2c1)C1CSCN1. The molecule has 2 N–H and O–H groups in total. The van der Waals surface area contributed by atoms with Crippen molar-refractivity contribution in [1.29, 1.82) is 0 Å². The van der Waals surface area contributed by atoms with E-state index < -0.39 is 0 Å². The van der Waals surface area contributed by atoms with Crippen molar-refractivity contribution < 1.29 is 4.79 Å². The van der Waals surface area contributed by atoms with Gasteiger partial charge >= 0.3 is 0 Å². The number of amides is 1. The lowest BCUT2D eigenvalue weighted by molar-refractivity contribution is -0.117. The summed E-state index contributed by atoms with van der Waals surface area (Å²) < 4.78 is 0. The predicted octanol–water partition coefficient (Wildman–Crippen LogP) is 2.44. The molecule has 0 spiro atoms. The van der Waals surface area contributed by atoms with Crippen molar-refractivity contribution in [3.05, 3.63) is 42.5 Å². The molecule has 1 fully saturated rings. The van der Waals surface area contributed by atoms with Gasteiger partial charge in [-0.1, -0.05) is 30.3 Å². The van der Waals surface area contributed by atoms with Gasteiger partial charge in [0.15, 0.2) is 0 Å². The third kappa shape index (κ3) is 2.35. The highest BCUT2D eigenvalue weighted by Crippen LogP contribution is 2.19. The first-order valence-electron chi connectivity index (χ1n) is 5.94. The lowest BCUT2D eigenvalue weighted by Gasteiger charge is -2.11. The highest BCUT2D eigenvalue weighted by Gasteiger charge is 2.22. The smallest absolute Gasteiger partial charge is 0.242 e. The maximum atomic E-state index is 12.0. The molecular weight excluding hydrogens is 244 g/mol. The summed E-state index contributed by atoms with van der Waals surface area (Å²) in [5.74, 6) is 1.75. The fourth-order valence-electron chi connectivity index (χ4n) is 2.06. The van der Waals surface area contributed by atoms with Crippen LogP contribution in [0.25, 0.3) is 10.8 Å². The molecule has 1 aliphatic heterocycles. The third-order valence-corrected chi connectivity index (χ3v) is 3.99. The topological polar surface area (TPSA) is 41.1 Å². The minimum Gasteiger partial charge on any atom is -0.325 e. The summed E-state index contributed by atoms with van der Waals surface area (Å²) in [5, 5.41) is 8.45. The highest BCUT2D eigenvalue weighted by molar-refractivity contribution is 7.99. The lowest BCUT2D eigenvalue weighted by Crippen LogP contribution is -2.37. The Labute approximate surface area is 110 Å². The Balaban J connectivity index is 1.79. The van der Waals surface area contributed by atoms with Crippen molar-refractivity contribution >= 4 is 34.1 Å². The van der Waals surface area contributed by atoms with Gasteiger partial charge in [0.05, 0.1) is 6.04 Å². The predicted molar refractivity (Wildman–Crippen MR) is 76.8 cm³/mol. The molecule has 0 aromatic heterocycles. The van der Waals surface area contributed by atoms with Gasteiger partial charge in [-0.15, -0.1) is 11.8 Å². The van der Waals surface area contributed by atoms with Gasteiger partial charge in [0.25, 0.3) is 0 Å². The monoisotopic (exact) mass is 258 g/mol. The van der Waals surface area contributed by atoms with E-state index in [4.69, 9.17) is 0 Å². The zero-order valence-corrected chi connectivity index (χ0v) is 10.7. The van der Waals surface area contributed by atoms with Gasteiger partial charge < -0.3 is 5.32 Å². The fourth-order valence-corrected chi connectivity index (χ4v) is 3.00. The van der Waals surface area contributed by atoms with E-state index in [1.54, 1.807) is 11.8 Å². The van der Waals surface area contributed by atoms with Gasteiger partial charge in [-0.05, 0) is 22.9 Å². The Hall–Kier alpha value is -1.52. The van der Waals surface area contributed by atoms with Gasteiger partial charge in [0.2, 0.25) is 5.91 Å². The molecule has 1 amide bonds. The van der Waals surface area contributed by atoms with E-state index in [0.717, 1.165) is 22.7 Å². The number of anilines is 1. The third-order valence-electron chi connectivity index (χ3n) is 3.05. The van der Waals surface area contributed by atoms with Crippen LogP contribution in [0.1, 0.15) is 0 Å². The van der Waals surface area contributed by atoms with Crippen LogP contribution in [0.4, 0.5) is 5.69 Å². The molecule has 4 heteroatoms. The Kier molecular flexibility index (Phi) is 3.21. The average Bonchev–Trinajstić information content (AvgIpc) is 2.92. The highest BCUT2D eigenvalue weighted by atomic mass is 32.2. The van der Waals surface area contributed by atoms with Crippen LogP contribution in [-0.2, 0) is 4.79 Å². The largest absolute Gasteiger partial charge is 0.325 e. The van der Waals surface area contributed by atoms with E-state index in [1.165, 1.54) is 5.39 Å². The minimum absolute atomic E-state index is 0.0512. The van der Waals surface area contributed by atoms with Crippen molar-refractivity contribution in [2.24, 2.45) is 0 Å². The van der Waals surface area contributed by atoms with E-state index >= 15 is 0 Å². The van der Waals surface area contributed by atoms with Crippen LogP contribution in [-0.4, -0.2) is 23.6 Å². The molecule has 0 bridgehead atoms. The molecule has 18 heavy (non-hydrogen) atoms. The molecule has 2 aromatic carbocycles. The number of nitrogens with one attached hydrogen (secondary N) is 2. The quantitative estimate of drug-likeness (QED) is 0.869. The first kappa shape index (κ1) is 11.6. The Morgan fingerprint density at radius 3 is 2.83 bits per heavy atom. The zero-order valence-electron chi connectivity index (χ0n) is 9.85. The molecule has 92 valence electrons. The molecule has 1 unspecified atom stereocenters. The van der Waals surface area contributed by atoms with E-state index in [1.807, 2.05) is 30.3 Å². The molecule has 3 nitrogen and oxygen atoms in total. The summed E-state index contributed by atoms with van der Waals surface area (Å²) >= 11 is 1.75. The van der Waals surface area contributed by atoms with Gasteiger partial charge in [-0.2, -0.15) is 0 Å². The van der Waals surface area contributed by atoms with E-state index in [0.29, 0.717) is 0 Å². The van der Waals surface area contributed by atoms with Crippen LogP contribution in [0.3, 0.4) is 0 Å². The maximum Gasteiger partial charge on any atom is 0.242 e. The standard InChI is InChI=1S/C14H14N2OS/c17-14(13-8-18-9-15-13)16-12-6-5-10-3-1-2-4-11(10)7-12/h1-7,13,15H,8-9H2,(H,16,17). The second-order valence-electron chi connectivity index (χ2n) is 4.32. The minimum atomic E-state index is -0.0681. The molecule has 0 radical (unpaired) electrons. The summed E-state index contributed by atoms with van der Waals surface area (Å²) in [6.07, 6.45) is 0. The van der Waals surface area contributed by atoms with Crippen molar-refractivity contribution in [2.75, 3.05) is 16.9 Å². The van der Waals surface area contributed by atoms with E-state index in [9.17, 15) is 4.79 Å². The van der Waals surface area contributed by atoms with E-state index in [-0.39, 0.29) is 11.9 Å². The van der Waals surface area contributed by atoms with Crippen LogP contribution in [0.2, 0.25) is 0 Å². The number of hydrogen-bond acceptors (Lipinski definition) is 3. The van der Waals surface area contributed by atoms with Gasteiger partial charge in [-0.3, -0.25) is 10.1 Å². The van der Waals surface area contributed by atoms with Gasteiger partial charge in [0, 0.05) is 17.3 Å². The number of benzene rings is 2. The van der Waals surface area contributed by atoms with Crippen molar-refractivity contribution in [3.63, 3.8) is 0 Å². The molecule has 1 aliphatic rings. The van der Waals surface area contributed by atoms with Crippen LogP contribution in [0.15, 0.2) is 42.5 Å². The number of carbonyl (C=O) groups is 1. The molecule has 0 aliphatic carbocycles. The molecular formula is C14H14N2OS. The molecule has 0 saturated carbocycles. The number of hydrogen-bond donors (Lipinski definition) is 2. The lowest BCUT2D eigenvalue weighted by atomic mass is 10.1. The van der Waals surface area contributed by atoms with Crippen LogP contribution < -0.4 is 10.6 Å². The first-order valence-corrected chi connectivity index (χ1v) is 7.09. The Morgan fingerprint density at radius 2 is 2.06 bits per heavy atom. The Morgan fingerprint density at radius 1 is 1.22 bits per heavy atom. The molecule has 1 saturated heterocycles. The number of carbonyl (C=O) groups excluding carboxylic acids is 1. The zero-order chi connectivity index (χ0) is 12.4. The van der Waals surface area contributed by atoms with Crippen LogP contribution in [0.5, 0.6) is 0 Å². The second kappa shape index (κ2) is 5.00. The summed E-state index contributed by atoms with van der Waals surface area (Å²) in [6, 6.07) is 14.1. The number of thioether (sulfide) groups is 1. The molecule has 2 aromatic rings. The molecule has 1 atom stereocenters. The summed E-state index contributed by atoms with van der Waals surface area (Å²) in [6.45, 7) is 0. The summed E-state index contributed by atoms with van der Waals surface area (Å²) in [7, 11) is 0. The van der Waals surface area contributed by atoms with Crippen LogP contribution >= 0.6 is 11.8 Å². The van der Waals surface area contributed by atoms with Crippen LogP contribution in [0, 0.1) is 0 Å². The molecule has 3 rings (SSSR count). The van der Waals surface area contributed by atoms with E-state index in [2.05, 4.69) is 22.8 Å². The van der Waals surface area contributed by atoms with Crippen molar-refractivity contribution in [2.45, 2.75) is 6.04 Å². The van der Waals surface area contributed by atoms with Gasteiger partial charge in [-0.25, -0.2) is 0 Å². The average molecular weight is 258 g/mol. The number of rotatable bonds is 2. The van der Waals surface area contributed by atoms with Crippen molar-refractivity contribution in [1.82, 2.24) is 5.32 Å². The maximum absolute atomic E-state index is 12.0. The molecule has 1 heterocycles. The second-order valence-corrected chi connectivity index (χ2v) is 5.35. The fraction of sp³-hybridized carbons (Fsp3) is 0.214.